The zero-order valence-corrected chi connectivity index (χ0v) is 12.5. The molecule has 23 heavy (non-hydrogen) atoms. The van der Waals surface area contributed by atoms with Crippen molar-refractivity contribution in [2.45, 2.75) is 13.0 Å². The maximum Gasteiger partial charge on any atom is 0.273 e. The topological polar surface area (TPSA) is 70.9 Å². The molecule has 2 N–H and O–H groups in total. The minimum Gasteiger partial charge on any atom is -0.459 e. The highest BCUT2D eigenvalue weighted by Gasteiger charge is 2.18. The Bertz CT molecular complexity index is 967. The van der Waals surface area contributed by atoms with Crippen LogP contribution in [0.3, 0.4) is 0 Å². The summed E-state index contributed by atoms with van der Waals surface area (Å²) >= 11 is 0. The maximum absolute atomic E-state index is 12.5. The van der Waals surface area contributed by atoms with Crippen molar-refractivity contribution in [2.24, 2.45) is 0 Å². The highest BCUT2D eigenvalue weighted by molar-refractivity contribution is 6.04. The van der Waals surface area contributed by atoms with E-state index in [1.807, 2.05) is 61.5 Å². The Morgan fingerprint density at radius 1 is 1.17 bits per heavy atom. The van der Waals surface area contributed by atoms with Gasteiger partial charge in [0.15, 0.2) is 5.69 Å². The molecular formula is C18H15N3O2. The molecule has 0 fully saturated rings. The molecule has 2 aromatic carbocycles. The van der Waals surface area contributed by atoms with Gasteiger partial charge in [-0.2, -0.15) is 5.10 Å². The lowest BCUT2D eigenvalue weighted by Gasteiger charge is -2.10. The number of H-pyrrole nitrogens is 1. The molecule has 1 unspecified atom stereocenters. The number of para-hydroxylation sites is 2. The summed E-state index contributed by atoms with van der Waals surface area (Å²) in [5.74, 6) is 0.495. The SMILES string of the molecule is CC(NC(=O)c1n[nH]c2ccccc12)c1cc2ccccc2o1. The lowest BCUT2D eigenvalue weighted by molar-refractivity contribution is 0.0932. The Hall–Kier alpha value is -3.08. The van der Waals surface area contributed by atoms with Gasteiger partial charge in [-0.05, 0) is 25.1 Å². The molecule has 4 rings (SSSR count). The molecule has 0 aliphatic heterocycles. The van der Waals surface area contributed by atoms with Crippen molar-refractivity contribution in [3.63, 3.8) is 0 Å². The first kappa shape index (κ1) is 13.6. The van der Waals surface area contributed by atoms with E-state index in [0.717, 1.165) is 27.6 Å². The number of hydrogen-bond donors (Lipinski definition) is 2. The number of carbonyl (C=O) groups excluding carboxylic acids is 1. The number of hydrogen-bond acceptors (Lipinski definition) is 3. The summed E-state index contributed by atoms with van der Waals surface area (Å²) in [6.07, 6.45) is 0. The average Bonchev–Trinajstić information content (AvgIpc) is 3.18. The van der Waals surface area contributed by atoms with Crippen LogP contribution in [0.15, 0.2) is 59.0 Å². The van der Waals surface area contributed by atoms with E-state index in [4.69, 9.17) is 4.42 Å². The summed E-state index contributed by atoms with van der Waals surface area (Å²) in [7, 11) is 0. The van der Waals surface area contributed by atoms with E-state index in [-0.39, 0.29) is 11.9 Å². The standard InChI is InChI=1S/C18H15N3O2/c1-11(16-10-12-6-2-5-9-15(12)23-16)19-18(22)17-13-7-3-4-8-14(13)20-21-17/h2-11H,1H3,(H,19,22)(H,20,21). The molecule has 0 aliphatic rings. The predicted molar refractivity (Wildman–Crippen MR) is 88.2 cm³/mol. The molecule has 0 bridgehead atoms. The Balaban J connectivity index is 1.60. The summed E-state index contributed by atoms with van der Waals surface area (Å²) in [6.45, 7) is 1.89. The molecule has 0 saturated heterocycles. The fourth-order valence-corrected chi connectivity index (χ4v) is 2.69. The summed E-state index contributed by atoms with van der Waals surface area (Å²) < 4.78 is 5.79. The second-order valence-electron chi connectivity index (χ2n) is 5.50. The molecule has 1 atom stereocenters. The van der Waals surface area contributed by atoms with Gasteiger partial charge in [0.1, 0.15) is 11.3 Å². The Labute approximate surface area is 132 Å². The fourth-order valence-electron chi connectivity index (χ4n) is 2.69. The molecule has 2 aromatic heterocycles. The van der Waals surface area contributed by atoms with Crippen molar-refractivity contribution in [3.05, 3.63) is 66.1 Å². The van der Waals surface area contributed by atoms with Crippen molar-refractivity contribution in [1.82, 2.24) is 15.5 Å². The van der Waals surface area contributed by atoms with Gasteiger partial charge in [0.05, 0.1) is 11.6 Å². The van der Waals surface area contributed by atoms with E-state index < -0.39 is 0 Å². The molecule has 5 heteroatoms. The second kappa shape index (κ2) is 5.28. The fraction of sp³-hybridized carbons (Fsp3) is 0.111. The van der Waals surface area contributed by atoms with Crippen LogP contribution in [0.4, 0.5) is 0 Å². The van der Waals surface area contributed by atoms with Gasteiger partial charge < -0.3 is 9.73 Å². The van der Waals surface area contributed by atoms with E-state index in [9.17, 15) is 4.79 Å². The first-order valence-corrected chi connectivity index (χ1v) is 7.45. The van der Waals surface area contributed by atoms with Crippen LogP contribution in [-0.4, -0.2) is 16.1 Å². The van der Waals surface area contributed by atoms with Crippen LogP contribution < -0.4 is 5.32 Å². The number of benzene rings is 2. The van der Waals surface area contributed by atoms with Gasteiger partial charge in [0, 0.05) is 10.8 Å². The van der Waals surface area contributed by atoms with Crippen LogP contribution in [0, 0.1) is 0 Å². The van der Waals surface area contributed by atoms with Crippen molar-refractivity contribution in [3.8, 4) is 0 Å². The molecule has 0 radical (unpaired) electrons. The van der Waals surface area contributed by atoms with E-state index in [1.165, 1.54) is 0 Å². The van der Waals surface area contributed by atoms with Gasteiger partial charge in [0.2, 0.25) is 0 Å². The van der Waals surface area contributed by atoms with Crippen LogP contribution >= 0.6 is 0 Å². The van der Waals surface area contributed by atoms with Gasteiger partial charge in [-0.1, -0.05) is 36.4 Å². The predicted octanol–water partition coefficient (Wildman–Crippen LogP) is 3.80. The first-order chi connectivity index (χ1) is 11.2. The molecule has 114 valence electrons. The minimum atomic E-state index is -0.245. The zero-order chi connectivity index (χ0) is 15.8. The van der Waals surface area contributed by atoms with Crippen molar-refractivity contribution < 1.29 is 9.21 Å². The third-order valence-electron chi connectivity index (χ3n) is 3.90. The largest absolute Gasteiger partial charge is 0.459 e. The minimum absolute atomic E-state index is 0.226. The molecule has 1 amide bonds. The van der Waals surface area contributed by atoms with E-state index in [2.05, 4.69) is 15.5 Å². The van der Waals surface area contributed by atoms with Crippen LogP contribution in [0.5, 0.6) is 0 Å². The highest BCUT2D eigenvalue weighted by Crippen LogP contribution is 2.24. The number of aromatic amines is 1. The lowest BCUT2D eigenvalue weighted by atomic mass is 10.2. The van der Waals surface area contributed by atoms with Gasteiger partial charge in [-0.25, -0.2) is 0 Å². The summed E-state index contributed by atoms with van der Waals surface area (Å²) in [6, 6.07) is 17.0. The Morgan fingerprint density at radius 3 is 2.83 bits per heavy atom. The number of furan rings is 1. The third kappa shape index (κ3) is 2.36. The maximum atomic E-state index is 12.5. The first-order valence-electron chi connectivity index (χ1n) is 7.45. The number of carbonyl (C=O) groups is 1. The molecular weight excluding hydrogens is 290 g/mol. The molecule has 0 spiro atoms. The van der Waals surface area contributed by atoms with Gasteiger partial charge in [0.25, 0.3) is 5.91 Å². The normalized spacial score (nSPS) is 12.6. The van der Waals surface area contributed by atoms with Crippen molar-refractivity contribution in [1.29, 1.82) is 0 Å². The summed E-state index contributed by atoms with van der Waals surface area (Å²) in [4.78, 5) is 12.5. The van der Waals surface area contributed by atoms with Gasteiger partial charge in [-0.3, -0.25) is 9.89 Å². The summed E-state index contributed by atoms with van der Waals surface area (Å²) in [5.41, 5.74) is 2.05. The molecule has 0 aliphatic carbocycles. The highest BCUT2D eigenvalue weighted by atomic mass is 16.3. The van der Waals surface area contributed by atoms with Crippen LogP contribution in [0.1, 0.15) is 29.2 Å². The third-order valence-corrected chi connectivity index (χ3v) is 3.90. The zero-order valence-electron chi connectivity index (χ0n) is 12.5. The van der Waals surface area contributed by atoms with Gasteiger partial charge >= 0.3 is 0 Å². The van der Waals surface area contributed by atoms with Crippen LogP contribution in [-0.2, 0) is 0 Å². The molecule has 5 nitrogen and oxygen atoms in total. The molecule has 2 heterocycles. The Morgan fingerprint density at radius 2 is 1.96 bits per heavy atom. The summed E-state index contributed by atoms with van der Waals surface area (Å²) in [5, 5.41) is 11.8. The Kier molecular flexibility index (Phi) is 3.12. The van der Waals surface area contributed by atoms with Crippen molar-refractivity contribution in [2.75, 3.05) is 0 Å². The smallest absolute Gasteiger partial charge is 0.273 e. The van der Waals surface area contributed by atoms with E-state index in [0.29, 0.717) is 5.69 Å². The van der Waals surface area contributed by atoms with Gasteiger partial charge in [-0.15, -0.1) is 0 Å². The number of nitrogens with zero attached hydrogens (tertiary/aromatic N) is 1. The van der Waals surface area contributed by atoms with E-state index >= 15 is 0 Å². The number of amides is 1. The second-order valence-corrected chi connectivity index (χ2v) is 5.50. The monoisotopic (exact) mass is 305 g/mol. The number of aromatic nitrogens is 2. The number of rotatable bonds is 3. The quantitative estimate of drug-likeness (QED) is 0.605. The molecule has 0 saturated carbocycles. The number of nitrogens with one attached hydrogen (secondary N) is 2. The average molecular weight is 305 g/mol. The molecule has 4 aromatic rings. The van der Waals surface area contributed by atoms with Crippen molar-refractivity contribution >= 4 is 27.8 Å². The van der Waals surface area contributed by atoms with Crippen LogP contribution in [0.25, 0.3) is 21.9 Å². The lowest BCUT2D eigenvalue weighted by Crippen LogP contribution is -2.26. The number of fused-ring (bicyclic) bond motifs is 2. The van der Waals surface area contributed by atoms with E-state index in [1.54, 1.807) is 0 Å². The van der Waals surface area contributed by atoms with Crippen LogP contribution in [0.2, 0.25) is 0 Å².